The van der Waals surface area contributed by atoms with Crippen molar-refractivity contribution in [1.82, 2.24) is 0 Å². The third kappa shape index (κ3) is 3.80. The van der Waals surface area contributed by atoms with E-state index >= 15 is 0 Å². The fraction of sp³-hybridized carbons (Fsp3) is 0.920. The van der Waals surface area contributed by atoms with Gasteiger partial charge in [-0.15, -0.1) is 0 Å². The first-order valence-electron chi connectivity index (χ1n) is 11.8. The molecule has 0 spiro atoms. The molecule has 0 aliphatic heterocycles. The van der Waals surface area contributed by atoms with Gasteiger partial charge in [0, 0.05) is 12.7 Å². The predicted molar refractivity (Wildman–Crippen MR) is 122 cm³/mol. The number of hydrogen-bond donors (Lipinski definition) is 1. The minimum atomic E-state index is -1.75. The number of hydrogen-bond acceptors (Lipinski definition) is 2. The van der Waals surface area contributed by atoms with E-state index in [0.29, 0.717) is 24.0 Å². The molecular weight excluding hydrogens is 360 g/mol. The molecule has 6 atom stereocenters. The summed E-state index contributed by atoms with van der Waals surface area (Å²) >= 11 is 0. The lowest BCUT2D eigenvalue weighted by atomic mass is 9.53. The summed E-state index contributed by atoms with van der Waals surface area (Å²) in [7, 11) is -1.75. The molecule has 162 valence electrons. The van der Waals surface area contributed by atoms with Crippen molar-refractivity contribution in [3.05, 3.63) is 12.2 Å². The first-order chi connectivity index (χ1) is 12.8. The normalized spacial score (nSPS) is 42.5. The van der Waals surface area contributed by atoms with Crippen molar-refractivity contribution in [1.29, 1.82) is 0 Å². The highest BCUT2D eigenvalue weighted by molar-refractivity contribution is 6.74. The van der Waals surface area contributed by atoms with Gasteiger partial charge >= 0.3 is 0 Å². The Morgan fingerprint density at radius 2 is 1.75 bits per heavy atom. The van der Waals surface area contributed by atoms with Crippen molar-refractivity contribution < 1.29 is 9.53 Å². The molecule has 0 saturated heterocycles. The van der Waals surface area contributed by atoms with Gasteiger partial charge in [-0.1, -0.05) is 46.8 Å². The molecule has 0 aromatic heterocycles. The summed E-state index contributed by atoms with van der Waals surface area (Å²) in [6.07, 6.45) is 10.3. The Labute approximate surface area is 175 Å². The summed E-state index contributed by atoms with van der Waals surface area (Å²) in [5.41, 5.74) is 2.17. The summed E-state index contributed by atoms with van der Waals surface area (Å²) in [5.74, 6) is 1.95. The number of allylic oxidation sites excluding steroid dienone is 1. The lowest BCUT2D eigenvalue weighted by Gasteiger charge is -2.54. The number of aliphatic hydroxyl groups excluding tert-OH is 1. The smallest absolute Gasteiger partial charge is 0.192 e. The van der Waals surface area contributed by atoms with Crippen LogP contribution in [0.4, 0.5) is 0 Å². The molecule has 28 heavy (non-hydrogen) atoms. The zero-order valence-electron chi connectivity index (χ0n) is 19.7. The Morgan fingerprint density at radius 1 is 1.07 bits per heavy atom. The number of aliphatic hydroxyl groups is 1. The van der Waals surface area contributed by atoms with Crippen LogP contribution in [0.25, 0.3) is 0 Å². The average Bonchev–Trinajstić information content (AvgIpc) is 2.90. The summed E-state index contributed by atoms with van der Waals surface area (Å²) in [6.45, 7) is 21.4. The van der Waals surface area contributed by atoms with Crippen molar-refractivity contribution in [2.24, 2.45) is 28.6 Å². The van der Waals surface area contributed by atoms with Crippen LogP contribution < -0.4 is 0 Å². The van der Waals surface area contributed by atoms with Gasteiger partial charge in [0.1, 0.15) is 0 Å². The summed E-state index contributed by atoms with van der Waals surface area (Å²) in [6, 6.07) is 0. The fourth-order valence-electron chi connectivity index (χ4n) is 6.44. The second-order valence-corrected chi connectivity index (χ2v) is 17.1. The molecule has 0 heterocycles. The quantitative estimate of drug-likeness (QED) is 0.404. The van der Waals surface area contributed by atoms with Crippen molar-refractivity contribution in [3.8, 4) is 0 Å². The average molecular weight is 407 g/mol. The monoisotopic (exact) mass is 406 g/mol. The number of fused-ring (bicyclic) bond motifs is 1. The van der Waals surface area contributed by atoms with E-state index in [4.69, 9.17) is 4.43 Å². The molecule has 0 aromatic rings. The van der Waals surface area contributed by atoms with Gasteiger partial charge in [0.2, 0.25) is 0 Å². The van der Waals surface area contributed by atoms with E-state index in [9.17, 15) is 5.11 Å². The van der Waals surface area contributed by atoms with Crippen LogP contribution in [0, 0.1) is 28.6 Å². The Hall–Kier alpha value is -0.123. The van der Waals surface area contributed by atoms with E-state index in [0.717, 1.165) is 18.3 Å². The van der Waals surface area contributed by atoms with Crippen LogP contribution in [0.5, 0.6) is 0 Å². The van der Waals surface area contributed by atoms with Gasteiger partial charge in [-0.25, -0.2) is 0 Å². The van der Waals surface area contributed by atoms with Gasteiger partial charge < -0.3 is 9.53 Å². The molecule has 1 N–H and O–H groups in total. The van der Waals surface area contributed by atoms with Crippen molar-refractivity contribution in [2.45, 2.75) is 110 Å². The fourth-order valence-corrected chi connectivity index (χ4v) is 7.84. The molecule has 2 nitrogen and oxygen atoms in total. The lowest BCUT2D eigenvalue weighted by molar-refractivity contribution is -0.0632. The SMILES string of the molecule is C=C1CCC2CC([C@@]3(C)CCC(O[Si](C)(C)C(C)(C)C)C[C@@H]3CO)CC[C@]12C. The van der Waals surface area contributed by atoms with E-state index in [1.54, 1.807) is 0 Å². The topological polar surface area (TPSA) is 29.5 Å². The van der Waals surface area contributed by atoms with E-state index in [-0.39, 0.29) is 10.5 Å². The standard InChI is InChI=1S/C25H46O2Si/c1-18-9-10-19-15-20(11-13-24(18,19)5)25(6)14-12-22(16-21(25)17-26)27-28(7,8)23(2,3)4/h19-22,26H,1,9-17H2,2-8H3/t19?,20?,21-,22?,24-,25-/m1/s1. The highest BCUT2D eigenvalue weighted by Gasteiger charge is 2.52. The molecular formula is C25H46O2Si. The van der Waals surface area contributed by atoms with Crippen molar-refractivity contribution in [3.63, 3.8) is 0 Å². The highest BCUT2D eigenvalue weighted by atomic mass is 28.4. The number of rotatable bonds is 4. The minimum Gasteiger partial charge on any atom is -0.414 e. The molecule has 3 unspecified atom stereocenters. The molecule has 3 fully saturated rings. The third-order valence-electron chi connectivity index (χ3n) is 9.99. The highest BCUT2D eigenvalue weighted by Crippen LogP contribution is 2.61. The second-order valence-electron chi connectivity index (χ2n) is 12.4. The van der Waals surface area contributed by atoms with E-state index in [2.05, 4.69) is 54.3 Å². The van der Waals surface area contributed by atoms with Crippen LogP contribution in [0.2, 0.25) is 18.1 Å². The molecule has 0 radical (unpaired) electrons. The maximum absolute atomic E-state index is 10.4. The van der Waals surface area contributed by atoms with Crippen LogP contribution in [0.1, 0.15) is 86.0 Å². The molecule has 3 aliphatic carbocycles. The molecule has 3 heteroatoms. The summed E-state index contributed by atoms with van der Waals surface area (Å²) in [4.78, 5) is 0. The van der Waals surface area contributed by atoms with Gasteiger partial charge in [-0.3, -0.25) is 0 Å². The maximum atomic E-state index is 10.4. The second kappa shape index (κ2) is 7.53. The molecule has 3 saturated carbocycles. The largest absolute Gasteiger partial charge is 0.414 e. The van der Waals surface area contributed by atoms with Crippen LogP contribution in [0.3, 0.4) is 0 Å². The Bertz CT molecular complexity index is 592. The first-order valence-corrected chi connectivity index (χ1v) is 14.7. The molecule has 0 amide bonds. The Kier molecular flexibility index (Phi) is 6.07. The zero-order chi connectivity index (χ0) is 21.0. The van der Waals surface area contributed by atoms with Crippen LogP contribution >= 0.6 is 0 Å². The van der Waals surface area contributed by atoms with E-state index in [1.165, 1.54) is 50.5 Å². The molecule has 0 bridgehead atoms. The third-order valence-corrected chi connectivity index (χ3v) is 14.5. The Balaban J connectivity index is 1.69. The van der Waals surface area contributed by atoms with Gasteiger partial charge in [-0.2, -0.15) is 0 Å². The van der Waals surface area contributed by atoms with Crippen LogP contribution in [-0.2, 0) is 4.43 Å². The van der Waals surface area contributed by atoms with Crippen LogP contribution in [-0.4, -0.2) is 26.1 Å². The van der Waals surface area contributed by atoms with Gasteiger partial charge in [0.25, 0.3) is 0 Å². The molecule has 0 aromatic carbocycles. The molecule has 3 rings (SSSR count). The first kappa shape index (κ1) is 22.6. The van der Waals surface area contributed by atoms with Gasteiger partial charge in [0.05, 0.1) is 0 Å². The van der Waals surface area contributed by atoms with Gasteiger partial charge in [0.15, 0.2) is 8.32 Å². The van der Waals surface area contributed by atoms with Crippen LogP contribution in [0.15, 0.2) is 12.2 Å². The minimum absolute atomic E-state index is 0.251. The van der Waals surface area contributed by atoms with E-state index in [1.807, 2.05) is 0 Å². The van der Waals surface area contributed by atoms with E-state index < -0.39 is 8.32 Å². The van der Waals surface area contributed by atoms with Gasteiger partial charge in [-0.05, 0) is 98.1 Å². The zero-order valence-corrected chi connectivity index (χ0v) is 20.7. The van der Waals surface area contributed by atoms with Crippen molar-refractivity contribution in [2.75, 3.05) is 6.61 Å². The van der Waals surface area contributed by atoms with Crippen molar-refractivity contribution >= 4 is 8.32 Å². The maximum Gasteiger partial charge on any atom is 0.192 e. The summed E-state index contributed by atoms with van der Waals surface area (Å²) < 4.78 is 6.77. The summed E-state index contributed by atoms with van der Waals surface area (Å²) in [5, 5.41) is 10.6. The Morgan fingerprint density at radius 3 is 2.36 bits per heavy atom. The lowest BCUT2D eigenvalue weighted by Crippen LogP contribution is -2.50. The molecule has 3 aliphatic rings. The predicted octanol–water partition coefficient (Wildman–Crippen LogP) is 6.95.